The zero-order valence-electron chi connectivity index (χ0n) is 37.8. The van der Waals surface area contributed by atoms with Crippen LogP contribution in [-0.4, -0.2) is 0 Å². The number of anilines is 6. The first kappa shape index (κ1) is 40.6. The first-order valence-electron chi connectivity index (χ1n) is 22.7. The summed E-state index contributed by atoms with van der Waals surface area (Å²) in [4.78, 5) is 4.67. The number of rotatable bonds is 6. The smallest absolute Gasteiger partial charge is 0.0887 e. The fourth-order valence-corrected chi connectivity index (χ4v) is 10.3. The number of halogens is 1. The summed E-state index contributed by atoms with van der Waals surface area (Å²) in [6, 6.07) is 73.4. The number of benzene rings is 11. The van der Waals surface area contributed by atoms with Crippen molar-refractivity contribution in [1.29, 1.82) is 0 Å². The van der Waals surface area contributed by atoms with E-state index in [1.165, 1.54) is 75.8 Å². The van der Waals surface area contributed by atoms with E-state index >= 15 is 0 Å². The van der Waals surface area contributed by atoms with Crippen LogP contribution < -0.4 is 9.80 Å². The first-order valence-corrected chi connectivity index (χ1v) is 23.1. The molecule has 0 aliphatic heterocycles. The van der Waals surface area contributed by atoms with Crippen LogP contribution in [0.2, 0.25) is 5.02 Å². The van der Waals surface area contributed by atoms with Crippen molar-refractivity contribution in [2.45, 2.75) is 52.4 Å². The van der Waals surface area contributed by atoms with Gasteiger partial charge in [0.2, 0.25) is 0 Å². The summed E-state index contributed by atoms with van der Waals surface area (Å²) in [6.07, 6.45) is 0. The molecule has 0 N–H and O–H groups in total. The van der Waals surface area contributed by atoms with Gasteiger partial charge in [-0.3, -0.25) is 0 Å². The Morgan fingerprint density at radius 1 is 0.277 bits per heavy atom. The van der Waals surface area contributed by atoms with Crippen LogP contribution in [0.1, 0.15) is 52.7 Å². The maximum Gasteiger partial charge on any atom is 0.0887 e. The molecule has 0 aliphatic rings. The highest BCUT2D eigenvalue weighted by atomic mass is 35.5. The molecule has 0 atom stereocenters. The van der Waals surface area contributed by atoms with Gasteiger partial charge >= 0.3 is 0 Å². The summed E-state index contributed by atoms with van der Waals surface area (Å²) in [6.45, 7) is 13.6. The summed E-state index contributed by atoms with van der Waals surface area (Å²) in [7, 11) is 0. The lowest BCUT2D eigenvalue weighted by molar-refractivity contribution is 0.590. The molecule has 0 amide bonds. The Kier molecular flexibility index (Phi) is 9.72. The van der Waals surface area contributed by atoms with Gasteiger partial charge in [-0.05, 0) is 147 Å². The summed E-state index contributed by atoms with van der Waals surface area (Å²) in [5.41, 5.74) is 8.48. The molecule has 0 unspecified atom stereocenters. The van der Waals surface area contributed by atoms with Crippen LogP contribution in [0.4, 0.5) is 34.1 Å². The third kappa shape index (κ3) is 6.96. The maximum atomic E-state index is 8.01. The van der Waals surface area contributed by atoms with Crippen LogP contribution in [0.5, 0.6) is 0 Å². The third-order valence-electron chi connectivity index (χ3n) is 13.4. The summed E-state index contributed by atoms with van der Waals surface area (Å²) in [5, 5.41) is 15.5. The standard InChI is InChI=1S/C62H51ClN2/c1-61(2,3)40-26-30-42(31-27-40)64(44-34-36-54-50-20-9-7-16-46(50)48-18-11-13-22-52(48)56(54)38-44)58-24-15-25-59(60(58)63)65(43-32-28-41(29-33-43)62(4,5)6)45-35-37-55-51-21-10-8-17-47(51)49-19-12-14-23-53(49)57(55)39-45/h7-39H,1-6H3. The number of nitrogens with zero attached hydrogens (tertiary/aromatic N) is 2. The quantitative estimate of drug-likeness (QED) is 0.154. The molecule has 0 aromatic heterocycles. The van der Waals surface area contributed by atoms with Gasteiger partial charge in [-0.15, -0.1) is 0 Å². The van der Waals surface area contributed by atoms with Crippen molar-refractivity contribution in [1.82, 2.24) is 0 Å². The molecule has 65 heavy (non-hydrogen) atoms. The van der Waals surface area contributed by atoms with Gasteiger partial charge in [-0.2, -0.15) is 0 Å². The Morgan fingerprint density at radius 3 is 0.831 bits per heavy atom. The zero-order chi connectivity index (χ0) is 44.6. The molecule has 0 bridgehead atoms. The predicted molar refractivity (Wildman–Crippen MR) is 283 cm³/mol. The topological polar surface area (TPSA) is 6.48 Å². The zero-order valence-corrected chi connectivity index (χ0v) is 38.6. The average molecular weight is 860 g/mol. The highest BCUT2D eigenvalue weighted by molar-refractivity contribution is 6.37. The predicted octanol–water partition coefficient (Wildman–Crippen LogP) is 18.8. The molecule has 0 spiro atoms. The molecular formula is C62H51ClN2. The Labute approximate surface area is 386 Å². The van der Waals surface area contributed by atoms with Crippen molar-refractivity contribution in [2.75, 3.05) is 9.80 Å². The van der Waals surface area contributed by atoms with Crippen molar-refractivity contribution in [2.24, 2.45) is 0 Å². The summed E-state index contributed by atoms with van der Waals surface area (Å²) >= 11 is 8.01. The van der Waals surface area contributed by atoms with Crippen LogP contribution >= 0.6 is 11.6 Å². The summed E-state index contributed by atoms with van der Waals surface area (Å²) in [5.74, 6) is 0. The minimum Gasteiger partial charge on any atom is -0.309 e. The van der Waals surface area contributed by atoms with Crippen molar-refractivity contribution in [3.63, 3.8) is 0 Å². The van der Waals surface area contributed by atoms with E-state index in [0.29, 0.717) is 5.02 Å². The molecule has 11 aromatic carbocycles. The van der Waals surface area contributed by atoms with Crippen molar-refractivity contribution >= 4 is 110 Å². The second-order valence-electron chi connectivity index (χ2n) is 19.5. The molecule has 11 rings (SSSR count). The van der Waals surface area contributed by atoms with E-state index in [1.807, 2.05) is 0 Å². The van der Waals surface area contributed by atoms with E-state index in [2.05, 4.69) is 252 Å². The van der Waals surface area contributed by atoms with Crippen LogP contribution in [0.15, 0.2) is 200 Å². The first-order chi connectivity index (χ1) is 31.4. The SMILES string of the molecule is CC(C)(C)c1ccc(N(c2ccc3c4ccccc4c4ccccc4c3c2)c2cccc(N(c3ccc(C(C)(C)C)cc3)c3ccc4c5ccccc5c5ccccc5c4c3)c2Cl)cc1. The molecule has 11 aromatic rings. The Bertz CT molecular complexity index is 3320. The third-order valence-corrected chi connectivity index (χ3v) is 13.8. The van der Waals surface area contributed by atoms with Gasteiger partial charge in [0.05, 0.1) is 16.4 Å². The molecule has 3 heteroatoms. The minimum atomic E-state index is 0.00432. The molecule has 2 nitrogen and oxygen atoms in total. The van der Waals surface area contributed by atoms with E-state index in [0.717, 1.165) is 34.1 Å². The molecule has 0 saturated heterocycles. The lowest BCUT2D eigenvalue weighted by Gasteiger charge is -2.32. The van der Waals surface area contributed by atoms with Crippen LogP contribution in [-0.2, 0) is 10.8 Å². The lowest BCUT2D eigenvalue weighted by atomic mass is 9.87. The largest absolute Gasteiger partial charge is 0.309 e. The Hall–Kier alpha value is -7.13. The number of fused-ring (bicyclic) bond motifs is 12. The van der Waals surface area contributed by atoms with E-state index < -0.39 is 0 Å². The normalized spacial score (nSPS) is 12.2. The molecule has 0 heterocycles. The van der Waals surface area contributed by atoms with E-state index in [-0.39, 0.29) is 10.8 Å². The fraction of sp³-hybridized carbons (Fsp3) is 0.129. The van der Waals surface area contributed by atoms with Gasteiger partial charge in [0.1, 0.15) is 0 Å². The Balaban J connectivity index is 1.15. The van der Waals surface area contributed by atoms with Gasteiger partial charge in [-0.25, -0.2) is 0 Å². The van der Waals surface area contributed by atoms with Crippen molar-refractivity contribution < 1.29 is 0 Å². The van der Waals surface area contributed by atoms with E-state index in [9.17, 15) is 0 Å². The van der Waals surface area contributed by atoms with Gasteiger partial charge in [0.25, 0.3) is 0 Å². The van der Waals surface area contributed by atoms with E-state index in [4.69, 9.17) is 11.6 Å². The van der Waals surface area contributed by atoms with Gasteiger partial charge in [-0.1, -0.05) is 193 Å². The molecule has 316 valence electrons. The molecular weight excluding hydrogens is 808 g/mol. The Morgan fingerprint density at radius 2 is 0.538 bits per heavy atom. The average Bonchev–Trinajstić information content (AvgIpc) is 3.32. The molecule has 0 radical (unpaired) electrons. The van der Waals surface area contributed by atoms with Gasteiger partial charge < -0.3 is 9.80 Å². The van der Waals surface area contributed by atoms with E-state index in [1.54, 1.807) is 0 Å². The molecule has 0 aliphatic carbocycles. The second-order valence-corrected chi connectivity index (χ2v) is 19.9. The van der Waals surface area contributed by atoms with Crippen molar-refractivity contribution in [3.8, 4) is 0 Å². The van der Waals surface area contributed by atoms with Gasteiger partial charge in [0, 0.05) is 22.7 Å². The highest BCUT2D eigenvalue weighted by Crippen LogP contribution is 2.49. The van der Waals surface area contributed by atoms with Gasteiger partial charge in [0.15, 0.2) is 0 Å². The van der Waals surface area contributed by atoms with Crippen LogP contribution in [0, 0.1) is 0 Å². The minimum absolute atomic E-state index is 0.00432. The van der Waals surface area contributed by atoms with Crippen LogP contribution in [0.3, 0.4) is 0 Å². The fourth-order valence-electron chi connectivity index (χ4n) is 10.00. The summed E-state index contributed by atoms with van der Waals surface area (Å²) < 4.78 is 0. The van der Waals surface area contributed by atoms with Crippen molar-refractivity contribution in [3.05, 3.63) is 216 Å². The number of hydrogen-bond acceptors (Lipinski definition) is 2. The maximum absolute atomic E-state index is 8.01. The lowest BCUT2D eigenvalue weighted by Crippen LogP contribution is -2.16. The second kappa shape index (κ2) is 15.5. The molecule has 0 fully saturated rings. The van der Waals surface area contributed by atoms with Crippen LogP contribution in [0.25, 0.3) is 64.6 Å². The monoisotopic (exact) mass is 858 g/mol. The molecule has 0 saturated carbocycles. The highest BCUT2D eigenvalue weighted by Gasteiger charge is 2.25. The number of hydrogen-bond donors (Lipinski definition) is 0.